The molecular weight excluding hydrogens is 320 g/mol. The second kappa shape index (κ2) is 7.04. The summed E-state index contributed by atoms with van der Waals surface area (Å²) in [5, 5.41) is 17.9. The van der Waals surface area contributed by atoms with Crippen LogP contribution in [-0.2, 0) is 6.54 Å². The second-order valence-corrected chi connectivity index (χ2v) is 5.51. The number of carbonyl (C=O) groups is 1. The molecular formula is C18H18N4O3. The Hall–Kier alpha value is -3.35. The lowest BCUT2D eigenvalue weighted by molar-refractivity contribution is 0.0690. The first-order chi connectivity index (χ1) is 12.1. The molecule has 0 spiro atoms. The summed E-state index contributed by atoms with van der Waals surface area (Å²) in [5.41, 5.74) is 1.62. The molecule has 3 aromatic rings. The van der Waals surface area contributed by atoms with Crippen molar-refractivity contribution in [1.82, 2.24) is 15.0 Å². The zero-order chi connectivity index (χ0) is 17.8. The average molecular weight is 338 g/mol. The number of hydrogen-bond acceptors (Lipinski definition) is 5. The van der Waals surface area contributed by atoms with E-state index < -0.39 is 5.97 Å². The first kappa shape index (κ1) is 16.5. The Kier molecular flexibility index (Phi) is 4.65. The number of aromatic nitrogens is 3. The van der Waals surface area contributed by atoms with E-state index in [9.17, 15) is 9.90 Å². The average Bonchev–Trinajstić information content (AvgIpc) is 3.08. The first-order valence-electron chi connectivity index (χ1n) is 7.68. The van der Waals surface area contributed by atoms with Crippen LogP contribution in [0.25, 0.3) is 5.69 Å². The first-order valence-corrected chi connectivity index (χ1v) is 7.68. The van der Waals surface area contributed by atoms with Gasteiger partial charge in [0.15, 0.2) is 5.82 Å². The minimum Gasteiger partial charge on any atom is -0.497 e. The van der Waals surface area contributed by atoms with Gasteiger partial charge in [0.1, 0.15) is 5.75 Å². The van der Waals surface area contributed by atoms with Gasteiger partial charge in [-0.1, -0.05) is 30.3 Å². The molecule has 25 heavy (non-hydrogen) atoms. The van der Waals surface area contributed by atoms with E-state index in [2.05, 4.69) is 10.2 Å². The van der Waals surface area contributed by atoms with Gasteiger partial charge in [0.25, 0.3) is 0 Å². The van der Waals surface area contributed by atoms with E-state index in [0.717, 1.165) is 5.56 Å². The summed E-state index contributed by atoms with van der Waals surface area (Å²) in [7, 11) is 3.38. The van der Waals surface area contributed by atoms with Crippen molar-refractivity contribution in [2.24, 2.45) is 0 Å². The number of hydrogen-bond donors (Lipinski definition) is 1. The molecule has 0 aliphatic carbocycles. The van der Waals surface area contributed by atoms with E-state index in [0.29, 0.717) is 23.8 Å². The maximum atomic E-state index is 11.6. The van der Waals surface area contributed by atoms with Crippen LogP contribution in [0, 0.1) is 0 Å². The third-order valence-electron chi connectivity index (χ3n) is 3.73. The largest absolute Gasteiger partial charge is 0.497 e. The van der Waals surface area contributed by atoms with Crippen molar-refractivity contribution in [3.63, 3.8) is 0 Å². The zero-order valence-corrected chi connectivity index (χ0v) is 14.0. The highest BCUT2D eigenvalue weighted by Gasteiger charge is 2.21. The molecule has 0 aliphatic rings. The summed E-state index contributed by atoms with van der Waals surface area (Å²) < 4.78 is 5.12. The molecule has 0 radical (unpaired) electrons. The maximum Gasteiger partial charge on any atom is 0.360 e. The van der Waals surface area contributed by atoms with E-state index in [1.807, 2.05) is 30.3 Å². The number of anilines is 1. The highest BCUT2D eigenvalue weighted by Crippen LogP contribution is 2.20. The monoisotopic (exact) mass is 338 g/mol. The number of nitrogens with zero attached hydrogens (tertiary/aromatic N) is 4. The predicted octanol–water partition coefficient (Wildman–Crippen LogP) is 2.61. The quantitative estimate of drug-likeness (QED) is 0.744. The smallest absolute Gasteiger partial charge is 0.360 e. The van der Waals surface area contributed by atoms with Crippen LogP contribution in [0.2, 0.25) is 0 Å². The van der Waals surface area contributed by atoms with Crippen molar-refractivity contribution in [1.29, 1.82) is 0 Å². The molecule has 1 heterocycles. The molecule has 0 saturated heterocycles. The van der Waals surface area contributed by atoms with Crippen molar-refractivity contribution in [3.05, 3.63) is 65.9 Å². The van der Waals surface area contributed by atoms with Crippen LogP contribution in [0.15, 0.2) is 54.6 Å². The number of ether oxygens (including phenoxy) is 1. The van der Waals surface area contributed by atoms with Crippen LogP contribution in [0.1, 0.15) is 16.1 Å². The van der Waals surface area contributed by atoms with Crippen molar-refractivity contribution in [2.75, 3.05) is 19.1 Å². The molecule has 0 atom stereocenters. The van der Waals surface area contributed by atoms with Gasteiger partial charge in [0.05, 0.1) is 12.8 Å². The van der Waals surface area contributed by atoms with Gasteiger partial charge < -0.3 is 14.7 Å². The summed E-state index contributed by atoms with van der Waals surface area (Å²) in [4.78, 5) is 14.7. The van der Waals surface area contributed by atoms with Crippen LogP contribution >= 0.6 is 0 Å². The Labute approximate surface area is 145 Å². The highest BCUT2D eigenvalue weighted by atomic mass is 16.5. The summed E-state index contributed by atoms with van der Waals surface area (Å²) in [6, 6.07) is 16.8. The van der Waals surface area contributed by atoms with Gasteiger partial charge in [-0.15, -0.1) is 15.0 Å². The van der Waals surface area contributed by atoms with E-state index in [4.69, 9.17) is 4.74 Å². The molecule has 2 aromatic carbocycles. The van der Waals surface area contributed by atoms with Crippen molar-refractivity contribution in [2.45, 2.75) is 6.54 Å². The molecule has 7 heteroatoms. The van der Waals surface area contributed by atoms with E-state index in [1.165, 1.54) is 4.80 Å². The SMILES string of the molecule is COc1ccc(-n2nc(C(=O)O)c(N(C)Cc3ccccc3)n2)cc1. The molecule has 0 saturated carbocycles. The van der Waals surface area contributed by atoms with Gasteiger partial charge in [0, 0.05) is 13.6 Å². The van der Waals surface area contributed by atoms with Crippen LogP contribution < -0.4 is 9.64 Å². The third kappa shape index (κ3) is 3.60. The molecule has 128 valence electrons. The summed E-state index contributed by atoms with van der Waals surface area (Å²) >= 11 is 0. The molecule has 0 unspecified atom stereocenters. The Bertz CT molecular complexity index is 860. The lowest BCUT2D eigenvalue weighted by Crippen LogP contribution is -2.19. The van der Waals surface area contributed by atoms with Crippen LogP contribution in [-0.4, -0.2) is 40.2 Å². The molecule has 0 amide bonds. The van der Waals surface area contributed by atoms with Crippen LogP contribution in [0.4, 0.5) is 5.82 Å². The number of aromatic carboxylic acids is 1. The van der Waals surface area contributed by atoms with Crippen molar-refractivity contribution >= 4 is 11.8 Å². The molecule has 1 aromatic heterocycles. The number of methoxy groups -OCH3 is 1. The van der Waals surface area contributed by atoms with Gasteiger partial charge in [-0.25, -0.2) is 4.79 Å². The molecule has 0 fully saturated rings. The number of carboxylic acids is 1. The highest BCUT2D eigenvalue weighted by molar-refractivity contribution is 5.90. The van der Waals surface area contributed by atoms with Gasteiger partial charge in [-0.3, -0.25) is 0 Å². The van der Waals surface area contributed by atoms with Gasteiger partial charge in [-0.2, -0.15) is 0 Å². The summed E-state index contributed by atoms with van der Waals surface area (Å²) in [6.45, 7) is 0.530. The number of carboxylic acid groups (broad SMARTS) is 1. The van der Waals surface area contributed by atoms with Gasteiger partial charge in [0.2, 0.25) is 5.69 Å². The molecule has 3 rings (SSSR count). The maximum absolute atomic E-state index is 11.6. The standard InChI is InChI=1S/C18H18N4O3/c1-21(12-13-6-4-3-5-7-13)17-16(18(23)24)19-22(20-17)14-8-10-15(25-2)11-9-14/h3-11H,12H2,1-2H3,(H,23,24). The van der Waals surface area contributed by atoms with Gasteiger partial charge in [-0.05, 0) is 29.8 Å². The molecule has 7 nitrogen and oxygen atoms in total. The van der Waals surface area contributed by atoms with E-state index >= 15 is 0 Å². The Morgan fingerprint density at radius 3 is 2.40 bits per heavy atom. The topological polar surface area (TPSA) is 80.5 Å². The lowest BCUT2D eigenvalue weighted by Gasteiger charge is -2.16. The normalized spacial score (nSPS) is 10.5. The van der Waals surface area contributed by atoms with Gasteiger partial charge >= 0.3 is 5.97 Å². The minimum absolute atomic E-state index is 0.0887. The minimum atomic E-state index is -1.12. The predicted molar refractivity (Wildman–Crippen MR) is 93.4 cm³/mol. The third-order valence-corrected chi connectivity index (χ3v) is 3.73. The van der Waals surface area contributed by atoms with Crippen LogP contribution in [0.3, 0.4) is 0 Å². The van der Waals surface area contributed by atoms with E-state index in [1.54, 1.807) is 43.3 Å². The number of benzene rings is 2. The van der Waals surface area contributed by atoms with Crippen LogP contribution in [0.5, 0.6) is 5.75 Å². The Morgan fingerprint density at radius 1 is 1.12 bits per heavy atom. The fraction of sp³-hybridized carbons (Fsp3) is 0.167. The fourth-order valence-electron chi connectivity index (χ4n) is 2.46. The van der Waals surface area contributed by atoms with E-state index in [-0.39, 0.29) is 5.69 Å². The molecule has 1 N–H and O–H groups in total. The van der Waals surface area contributed by atoms with Crippen molar-refractivity contribution < 1.29 is 14.6 Å². The Morgan fingerprint density at radius 2 is 1.80 bits per heavy atom. The fourth-order valence-corrected chi connectivity index (χ4v) is 2.46. The van der Waals surface area contributed by atoms with Crippen molar-refractivity contribution in [3.8, 4) is 11.4 Å². The summed E-state index contributed by atoms with van der Waals surface area (Å²) in [6.07, 6.45) is 0. The Balaban J connectivity index is 1.92. The number of rotatable bonds is 6. The second-order valence-electron chi connectivity index (χ2n) is 5.51. The summed E-state index contributed by atoms with van der Waals surface area (Å²) in [5.74, 6) is -0.0994. The molecule has 0 bridgehead atoms. The lowest BCUT2D eigenvalue weighted by atomic mass is 10.2. The molecule has 0 aliphatic heterocycles. The zero-order valence-electron chi connectivity index (χ0n) is 14.0.